The summed E-state index contributed by atoms with van der Waals surface area (Å²) in [6.07, 6.45) is 1.01. The predicted octanol–water partition coefficient (Wildman–Crippen LogP) is 1.34. The number of hydrogen-bond donors (Lipinski definition) is 2. The number of nitrogens with one attached hydrogen (secondary N) is 1. The number of para-hydroxylation sites is 1. The highest BCUT2D eigenvalue weighted by molar-refractivity contribution is 5.90. The molecule has 1 aliphatic rings. The summed E-state index contributed by atoms with van der Waals surface area (Å²) in [6, 6.07) is 6.62. The van der Waals surface area contributed by atoms with Crippen LogP contribution in [0, 0.1) is 0 Å². The van der Waals surface area contributed by atoms with Gasteiger partial charge >= 0.3 is 5.97 Å². The van der Waals surface area contributed by atoms with E-state index < -0.39 is 12.0 Å². The molecule has 0 fully saturated rings. The van der Waals surface area contributed by atoms with E-state index >= 15 is 0 Å². The lowest BCUT2D eigenvalue weighted by Crippen LogP contribution is -2.48. The number of benzene rings is 1. The summed E-state index contributed by atoms with van der Waals surface area (Å²) in [6.45, 7) is 1.76. The summed E-state index contributed by atoms with van der Waals surface area (Å²) in [4.78, 5) is 24.7. The molecule has 1 unspecified atom stereocenters. The highest BCUT2D eigenvalue weighted by Crippen LogP contribution is 2.26. The Kier molecular flexibility index (Phi) is 3.74. The number of carbonyl (C=O) groups excluding carboxylic acids is 1. The maximum absolute atomic E-state index is 12.3. The van der Waals surface area contributed by atoms with E-state index in [9.17, 15) is 9.59 Å². The fourth-order valence-corrected chi connectivity index (χ4v) is 2.46. The molecular formula is C14H18N2O3. The van der Waals surface area contributed by atoms with Gasteiger partial charge < -0.3 is 15.3 Å². The van der Waals surface area contributed by atoms with Gasteiger partial charge in [0.1, 0.15) is 12.1 Å². The van der Waals surface area contributed by atoms with E-state index in [4.69, 9.17) is 5.11 Å². The summed E-state index contributed by atoms with van der Waals surface area (Å²) >= 11 is 0. The van der Waals surface area contributed by atoms with Gasteiger partial charge in [0.25, 0.3) is 0 Å². The topological polar surface area (TPSA) is 69.6 Å². The zero-order valence-corrected chi connectivity index (χ0v) is 11.1. The maximum atomic E-state index is 12.3. The summed E-state index contributed by atoms with van der Waals surface area (Å²) in [5, 5.41) is 12.2. The van der Waals surface area contributed by atoms with E-state index in [1.807, 2.05) is 24.3 Å². The van der Waals surface area contributed by atoms with Gasteiger partial charge in [0.05, 0.1) is 0 Å². The number of carbonyl (C=O) groups is 2. The van der Waals surface area contributed by atoms with Crippen LogP contribution in [0.5, 0.6) is 0 Å². The average molecular weight is 262 g/mol. The van der Waals surface area contributed by atoms with Crippen LogP contribution < -0.4 is 5.32 Å². The van der Waals surface area contributed by atoms with Crippen molar-refractivity contribution in [3.05, 3.63) is 29.8 Å². The molecule has 0 bridgehead atoms. The Morgan fingerprint density at radius 3 is 2.74 bits per heavy atom. The van der Waals surface area contributed by atoms with Gasteiger partial charge in [0, 0.05) is 19.2 Å². The molecule has 1 aromatic carbocycles. The van der Waals surface area contributed by atoms with Gasteiger partial charge in [-0.3, -0.25) is 4.79 Å². The van der Waals surface area contributed by atoms with E-state index in [0.29, 0.717) is 12.8 Å². The van der Waals surface area contributed by atoms with Gasteiger partial charge in [0.2, 0.25) is 5.91 Å². The van der Waals surface area contributed by atoms with Crippen molar-refractivity contribution >= 4 is 17.6 Å². The monoisotopic (exact) mass is 262 g/mol. The van der Waals surface area contributed by atoms with Crippen LogP contribution in [0.3, 0.4) is 0 Å². The number of carboxylic acid groups (broad SMARTS) is 1. The summed E-state index contributed by atoms with van der Waals surface area (Å²) in [7, 11) is 1.55. The molecule has 2 atom stereocenters. The maximum Gasteiger partial charge on any atom is 0.326 e. The molecule has 0 saturated carbocycles. The molecule has 0 spiro atoms. The standard InChI is InChI=1S/C14H18N2O3/c1-3-12(14(18)19)16(2)13(17)11-8-9-6-4-5-7-10(9)15-11/h4-7,11-12,15H,3,8H2,1-2H3,(H,18,19)/t11-,12?/m0/s1. The van der Waals surface area contributed by atoms with Crippen LogP contribution in [-0.4, -0.2) is 41.0 Å². The number of hydrogen-bond acceptors (Lipinski definition) is 3. The zero-order chi connectivity index (χ0) is 14.0. The molecule has 5 nitrogen and oxygen atoms in total. The first-order valence-corrected chi connectivity index (χ1v) is 6.38. The van der Waals surface area contributed by atoms with Gasteiger partial charge in [-0.25, -0.2) is 4.79 Å². The van der Waals surface area contributed by atoms with E-state index in [1.54, 1.807) is 14.0 Å². The highest BCUT2D eigenvalue weighted by Gasteiger charge is 2.33. The number of rotatable bonds is 4. The van der Waals surface area contributed by atoms with E-state index in [-0.39, 0.29) is 11.9 Å². The highest BCUT2D eigenvalue weighted by atomic mass is 16.4. The first-order chi connectivity index (χ1) is 9.04. The quantitative estimate of drug-likeness (QED) is 0.859. The van der Waals surface area contributed by atoms with Crippen LogP contribution in [0.15, 0.2) is 24.3 Å². The van der Waals surface area contributed by atoms with Crippen molar-refractivity contribution in [1.29, 1.82) is 0 Å². The Balaban J connectivity index is 2.08. The lowest BCUT2D eigenvalue weighted by Gasteiger charge is -2.26. The number of nitrogens with zero attached hydrogens (tertiary/aromatic N) is 1. The average Bonchev–Trinajstić information content (AvgIpc) is 2.81. The third-order valence-corrected chi connectivity index (χ3v) is 3.56. The zero-order valence-electron chi connectivity index (χ0n) is 11.1. The van der Waals surface area contributed by atoms with Crippen LogP contribution >= 0.6 is 0 Å². The normalized spacial score (nSPS) is 18.3. The van der Waals surface area contributed by atoms with Gasteiger partial charge in [-0.1, -0.05) is 25.1 Å². The van der Waals surface area contributed by atoms with Crippen molar-refractivity contribution in [2.75, 3.05) is 12.4 Å². The van der Waals surface area contributed by atoms with Gasteiger partial charge in [-0.15, -0.1) is 0 Å². The van der Waals surface area contributed by atoms with Gasteiger partial charge in [0.15, 0.2) is 0 Å². The molecule has 1 aromatic rings. The number of amides is 1. The van der Waals surface area contributed by atoms with Crippen LogP contribution in [0.25, 0.3) is 0 Å². The van der Waals surface area contributed by atoms with Crippen molar-refractivity contribution in [1.82, 2.24) is 4.90 Å². The van der Waals surface area contributed by atoms with E-state index in [1.165, 1.54) is 4.90 Å². The first-order valence-electron chi connectivity index (χ1n) is 6.38. The number of fused-ring (bicyclic) bond motifs is 1. The molecule has 1 amide bonds. The van der Waals surface area contributed by atoms with Crippen molar-refractivity contribution in [3.63, 3.8) is 0 Å². The fraction of sp³-hybridized carbons (Fsp3) is 0.429. The summed E-state index contributed by atoms with van der Waals surface area (Å²) in [5.74, 6) is -1.14. The third kappa shape index (κ3) is 2.54. The van der Waals surface area contributed by atoms with Crippen molar-refractivity contribution in [2.45, 2.75) is 31.8 Å². The number of likely N-dealkylation sites (N-methyl/N-ethyl adjacent to an activating group) is 1. The molecule has 2 N–H and O–H groups in total. The largest absolute Gasteiger partial charge is 0.480 e. The Hall–Kier alpha value is -2.04. The number of aliphatic carboxylic acids is 1. The Morgan fingerprint density at radius 2 is 2.16 bits per heavy atom. The summed E-state index contributed by atoms with van der Waals surface area (Å²) < 4.78 is 0. The van der Waals surface area contributed by atoms with Crippen molar-refractivity contribution < 1.29 is 14.7 Å². The SMILES string of the molecule is CCC(C(=O)O)N(C)C(=O)[C@@H]1Cc2ccccc2N1. The van der Waals surface area contributed by atoms with Gasteiger partial charge in [-0.2, -0.15) is 0 Å². The third-order valence-electron chi connectivity index (χ3n) is 3.56. The summed E-state index contributed by atoms with van der Waals surface area (Å²) in [5.41, 5.74) is 2.05. The fourth-order valence-electron chi connectivity index (χ4n) is 2.46. The van der Waals surface area contributed by atoms with Crippen molar-refractivity contribution in [3.8, 4) is 0 Å². The molecule has 19 heavy (non-hydrogen) atoms. The molecule has 0 aliphatic carbocycles. The second kappa shape index (κ2) is 5.30. The van der Waals surface area contributed by atoms with Crippen LogP contribution in [0.2, 0.25) is 0 Å². The minimum Gasteiger partial charge on any atom is -0.480 e. The minimum absolute atomic E-state index is 0.176. The van der Waals surface area contributed by atoms with E-state index in [0.717, 1.165) is 11.3 Å². The van der Waals surface area contributed by atoms with E-state index in [2.05, 4.69) is 5.32 Å². The lowest BCUT2D eigenvalue weighted by molar-refractivity contribution is -0.149. The molecular weight excluding hydrogens is 244 g/mol. The molecule has 0 aromatic heterocycles. The molecule has 2 rings (SSSR count). The van der Waals surface area contributed by atoms with Gasteiger partial charge in [-0.05, 0) is 18.1 Å². The Morgan fingerprint density at radius 1 is 1.47 bits per heavy atom. The van der Waals surface area contributed by atoms with Crippen molar-refractivity contribution in [2.24, 2.45) is 0 Å². The second-order valence-electron chi connectivity index (χ2n) is 4.77. The second-order valence-corrected chi connectivity index (χ2v) is 4.77. The number of carboxylic acids is 1. The smallest absolute Gasteiger partial charge is 0.326 e. The predicted molar refractivity (Wildman–Crippen MR) is 72.0 cm³/mol. The lowest BCUT2D eigenvalue weighted by atomic mass is 10.1. The molecule has 5 heteroatoms. The van der Waals surface area contributed by atoms with Crippen LogP contribution in [0.4, 0.5) is 5.69 Å². The molecule has 1 heterocycles. The molecule has 1 aliphatic heterocycles. The van der Waals surface area contributed by atoms with Crippen LogP contribution in [0.1, 0.15) is 18.9 Å². The molecule has 0 saturated heterocycles. The minimum atomic E-state index is -0.964. The van der Waals surface area contributed by atoms with Crippen LogP contribution in [-0.2, 0) is 16.0 Å². The first kappa shape index (κ1) is 13.4. The number of anilines is 1. The Bertz CT molecular complexity index is 476. The molecule has 102 valence electrons. The molecule has 0 radical (unpaired) electrons. The Labute approximate surface area is 112 Å².